The monoisotopic (exact) mass is 402 g/mol. The fraction of sp³-hybridized carbons (Fsp3) is 0.200. The van der Waals surface area contributed by atoms with Gasteiger partial charge in [-0.3, -0.25) is 9.59 Å². The van der Waals surface area contributed by atoms with Crippen molar-refractivity contribution < 1.29 is 14.0 Å². The second-order valence-electron chi connectivity index (χ2n) is 7.60. The van der Waals surface area contributed by atoms with Crippen LogP contribution in [-0.4, -0.2) is 28.7 Å². The zero-order valence-corrected chi connectivity index (χ0v) is 16.8. The van der Waals surface area contributed by atoms with E-state index in [4.69, 9.17) is 0 Å². The first-order valence-electron chi connectivity index (χ1n) is 9.95. The number of carbonyl (C=O) groups is 2. The lowest BCUT2D eigenvalue weighted by Crippen LogP contribution is -2.35. The Bertz CT molecular complexity index is 1050. The quantitative estimate of drug-likeness (QED) is 0.606. The predicted octanol–water partition coefficient (Wildman–Crippen LogP) is 4.57. The Kier molecular flexibility index (Phi) is 5.61. The Balaban J connectivity index is 1.58. The average Bonchev–Trinajstić information content (AvgIpc) is 3.10. The maximum absolute atomic E-state index is 13.5. The number of carbonyl (C=O) groups excluding carboxylic acids is 2. The van der Waals surface area contributed by atoms with Crippen molar-refractivity contribution in [2.24, 2.45) is 0 Å². The summed E-state index contributed by atoms with van der Waals surface area (Å²) in [5.74, 6) is -0.517. The molecule has 152 valence electrons. The molecule has 30 heavy (non-hydrogen) atoms. The number of benzene rings is 3. The smallest absolute Gasteiger partial charge is 0.255 e. The molecule has 1 aliphatic rings. The highest BCUT2D eigenvalue weighted by atomic mass is 19.1. The molecule has 5 heteroatoms. The first kappa shape index (κ1) is 19.8. The minimum atomic E-state index is -0.462. The largest absolute Gasteiger partial charge is 0.341 e. The van der Waals surface area contributed by atoms with Crippen molar-refractivity contribution in [3.8, 4) is 0 Å². The van der Waals surface area contributed by atoms with E-state index in [1.807, 2.05) is 54.6 Å². The molecule has 0 fully saturated rings. The summed E-state index contributed by atoms with van der Waals surface area (Å²) in [6.45, 7) is 0.927. The van der Waals surface area contributed by atoms with E-state index in [0.29, 0.717) is 18.7 Å². The number of amides is 2. The average molecular weight is 402 g/mol. The number of hydrogen-bond acceptors (Lipinski definition) is 2. The van der Waals surface area contributed by atoms with Gasteiger partial charge >= 0.3 is 0 Å². The Labute approximate surface area is 175 Å². The third-order valence-electron chi connectivity index (χ3n) is 5.54. The number of halogens is 1. The van der Waals surface area contributed by atoms with Crippen LogP contribution in [0.25, 0.3) is 0 Å². The van der Waals surface area contributed by atoms with Gasteiger partial charge in [-0.2, -0.15) is 0 Å². The van der Waals surface area contributed by atoms with Gasteiger partial charge in [0.1, 0.15) is 5.82 Å². The van der Waals surface area contributed by atoms with Crippen LogP contribution in [0.2, 0.25) is 0 Å². The molecule has 2 amide bonds. The molecule has 0 saturated heterocycles. The third kappa shape index (κ3) is 4.10. The fourth-order valence-electron chi connectivity index (χ4n) is 3.89. The van der Waals surface area contributed by atoms with E-state index < -0.39 is 6.04 Å². The number of nitrogens with zero attached hydrogens (tertiary/aromatic N) is 2. The molecule has 4 nitrogen and oxygen atoms in total. The van der Waals surface area contributed by atoms with E-state index in [1.165, 1.54) is 12.1 Å². The van der Waals surface area contributed by atoms with Gasteiger partial charge in [-0.05, 0) is 34.9 Å². The van der Waals surface area contributed by atoms with E-state index in [0.717, 1.165) is 16.7 Å². The summed E-state index contributed by atoms with van der Waals surface area (Å²) in [6.07, 6.45) is 0.134. The molecular weight excluding hydrogens is 379 g/mol. The van der Waals surface area contributed by atoms with Crippen molar-refractivity contribution in [3.05, 3.63) is 107 Å². The Hall–Kier alpha value is -3.47. The highest BCUT2D eigenvalue weighted by Gasteiger charge is 2.34. The molecule has 0 aliphatic carbocycles. The van der Waals surface area contributed by atoms with Crippen LogP contribution in [0.1, 0.15) is 39.5 Å². The van der Waals surface area contributed by atoms with Gasteiger partial charge in [0.15, 0.2) is 0 Å². The lowest BCUT2D eigenvalue weighted by molar-refractivity contribution is -0.131. The third-order valence-corrected chi connectivity index (χ3v) is 5.54. The van der Waals surface area contributed by atoms with Gasteiger partial charge in [-0.25, -0.2) is 4.39 Å². The lowest BCUT2D eigenvalue weighted by atomic mass is 10.0. The minimum Gasteiger partial charge on any atom is -0.341 e. The first-order chi connectivity index (χ1) is 14.5. The van der Waals surface area contributed by atoms with E-state index >= 15 is 0 Å². The molecule has 0 spiro atoms. The molecule has 0 aromatic heterocycles. The van der Waals surface area contributed by atoms with Crippen LogP contribution in [0.3, 0.4) is 0 Å². The Morgan fingerprint density at radius 2 is 1.67 bits per heavy atom. The molecule has 3 aromatic rings. The van der Waals surface area contributed by atoms with Gasteiger partial charge in [-0.15, -0.1) is 0 Å². The summed E-state index contributed by atoms with van der Waals surface area (Å²) in [5.41, 5.74) is 3.39. The van der Waals surface area contributed by atoms with Gasteiger partial charge < -0.3 is 9.80 Å². The van der Waals surface area contributed by atoms with Crippen molar-refractivity contribution in [2.75, 3.05) is 7.05 Å². The Morgan fingerprint density at radius 3 is 2.37 bits per heavy atom. The first-order valence-corrected chi connectivity index (χ1v) is 9.95. The highest BCUT2D eigenvalue weighted by molar-refractivity contribution is 5.98. The second-order valence-corrected chi connectivity index (χ2v) is 7.60. The molecule has 4 rings (SSSR count). The zero-order valence-electron chi connectivity index (χ0n) is 16.8. The molecule has 1 atom stereocenters. The fourth-order valence-corrected chi connectivity index (χ4v) is 3.89. The molecule has 1 heterocycles. The topological polar surface area (TPSA) is 40.6 Å². The van der Waals surface area contributed by atoms with Crippen molar-refractivity contribution >= 4 is 11.8 Å². The Morgan fingerprint density at radius 1 is 1.00 bits per heavy atom. The van der Waals surface area contributed by atoms with Crippen molar-refractivity contribution in [1.29, 1.82) is 0 Å². The standard InChI is InChI=1S/C25H23FN2O2/c1-27(16-18-7-3-2-4-8-18)24(29)15-23(19-11-13-21(26)14-12-19)28-17-20-9-5-6-10-22(20)25(28)30/h2-14,23H,15-17H2,1H3/t23-/m1/s1. The van der Waals surface area contributed by atoms with Crippen molar-refractivity contribution in [3.63, 3.8) is 0 Å². The van der Waals surface area contributed by atoms with Gasteiger partial charge in [-0.1, -0.05) is 60.7 Å². The molecule has 3 aromatic carbocycles. The summed E-state index contributed by atoms with van der Waals surface area (Å²) in [6, 6.07) is 22.8. The summed E-state index contributed by atoms with van der Waals surface area (Å²) < 4.78 is 13.5. The van der Waals surface area contributed by atoms with Crippen LogP contribution in [0.15, 0.2) is 78.9 Å². The molecule has 0 bridgehead atoms. The number of rotatable bonds is 6. The predicted molar refractivity (Wildman–Crippen MR) is 113 cm³/mol. The molecule has 1 aliphatic heterocycles. The normalized spacial score (nSPS) is 13.8. The van der Waals surface area contributed by atoms with Crippen molar-refractivity contribution in [1.82, 2.24) is 9.80 Å². The van der Waals surface area contributed by atoms with Crippen LogP contribution in [0, 0.1) is 5.82 Å². The molecule has 0 radical (unpaired) electrons. The summed E-state index contributed by atoms with van der Waals surface area (Å²) in [5, 5.41) is 0. The summed E-state index contributed by atoms with van der Waals surface area (Å²) in [7, 11) is 1.76. The number of hydrogen-bond donors (Lipinski definition) is 0. The SMILES string of the molecule is CN(Cc1ccccc1)C(=O)C[C@H](c1ccc(F)cc1)N1Cc2ccccc2C1=O. The van der Waals surface area contributed by atoms with E-state index in [2.05, 4.69) is 0 Å². The van der Waals surface area contributed by atoms with E-state index in [1.54, 1.807) is 29.0 Å². The van der Waals surface area contributed by atoms with Gasteiger partial charge in [0.05, 0.1) is 12.5 Å². The molecule has 0 N–H and O–H groups in total. The van der Waals surface area contributed by atoms with Gasteiger partial charge in [0.2, 0.25) is 5.91 Å². The van der Waals surface area contributed by atoms with Crippen LogP contribution < -0.4 is 0 Å². The second kappa shape index (κ2) is 8.49. The zero-order chi connectivity index (χ0) is 21.1. The van der Waals surface area contributed by atoms with Crippen LogP contribution in [-0.2, 0) is 17.9 Å². The van der Waals surface area contributed by atoms with Crippen LogP contribution in [0.4, 0.5) is 4.39 Å². The molecular formula is C25H23FN2O2. The van der Waals surface area contributed by atoms with E-state index in [-0.39, 0.29) is 24.1 Å². The maximum Gasteiger partial charge on any atom is 0.255 e. The minimum absolute atomic E-state index is 0.0723. The summed E-state index contributed by atoms with van der Waals surface area (Å²) in [4.78, 5) is 29.5. The van der Waals surface area contributed by atoms with Gasteiger partial charge in [0.25, 0.3) is 5.91 Å². The highest BCUT2D eigenvalue weighted by Crippen LogP contribution is 2.34. The van der Waals surface area contributed by atoms with Gasteiger partial charge in [0, 0.05) is 25.7 Å². The molecule has 0 unspecified atom stereocenters. The van der Waals surface area contributed by atoms with Crippen molar-refractivity contribution in [2.45, 2.75) is 25.6 Å². The molecule has 0 saturated carbocycles. The van der Waals surface area contributed by atoms with Crippen LogP contribution in [0.5, 0.6) is 0 Å². The maximum atomic E-state index is 13.5. The number of fused-ring (bicyclic) bond motifs is 1. The van der Waals surface area contributed by atoms with Crippen LogP contribution >= 0.6 is 0 Å². The summed E-state index contributed by atoms with van der Waals surface area (Å²) >= 11 is 0. The lowest BCUT2D eigenvalue weighted by Gasteiger charge is -2.29. The van der Waals surface area contributed by atoms with E-state index in [9.17, 15) is 14.0 Å².